The van der Waals surface area contributed by atoms with Crippen molar-refractivity contribution in [3.8, 4) is 0 Å². The molecule has 0 unspecified atom stereocenters. The summed E-state index contributed by atoms with van der Waals surface area (Å²) in [6, 6.07) is 12.6. The van der Waals surface area contributed by atoms with E-state index >= 15 is 0 Å². The van der Waals surface area contributed by atoms with Gasteiger partial charge >= 0.3 is 5.97 Å². The first-order valence-electron chi connectivity index (χ1n) is 5.73. The smallest absolute Gasteiger partial charge is 0.335 e. The number of aromatic nitrogens is 1. The van der Waals surface area contributed by atoms with Crippen LogP contribution >= 0.6 is 0 Å². The zero-order chi connectivity index (χ0) is 12.8. The van der Waals surface area contributed by atoms with Crippen LogP contribution in [0.4, 0.5) is 5.69 Å². The predicted octanol–water partition coefficient (Wildman–Crippen LogP) is 2.43. The van der Waals surface area contributed by atoms with Gasteiger partial charge in [-0.05, 0) is 30.3 Å². The van der Waals surface area contributed by atoms with E-state index in [1.54, 1.807) is 24.4 Å². The highest BCUT2D eigenvalue weighted by Gasteiger charge is 2.02. The molecular formula is C14H14N2O2. The first-order chi connectivity index (χ1) is 8.75. The van der Waals surface area contributed by atoms with Crippen LogP contribution in [0.2, 0.25) is 0 Å². The van der Waals surface area contributed by atoms with Crippen LogP contribution in [0, 0.1) is 0 Å². The maximum Gasteiger partial charge on any atom is 0.335 e. The summed E-state index contributed by atoms with van der Waals surface area (Å²) in [5, 5.41) is 12.1. The molecule has 0 aliphatic rings. The molecule has 4 heteroatoms. The summed E-state index contributed by atoms with van der Waals surface area (Å²) in [5.41, 5.74) is 2.11. The molecule has 1 aromatic heterocycles. The number of rotatable bonds is 5. The molecule has 0 amide bonds. The van der Waals surface area contributed by atoms with Crippen molar-refractivity contribution in [1.82, 2.24) is 4.98 Å². The number of hydrogen-bond acceptors (Lipinski definition) is 3. The van der Waals surface area contributed by atoms with Crippen molar-refractivity contribution in [3.63, 3.8) is 0 Å². The minimum Gasteiger partial charge on any atom is -0.478 e. The molecule has 0 saturated heterocycles. The Balaban J connectivity index is 1.90. The van der Waals surface area contributed by atoms with Crippen molar-refractivity contribution in [1.29, 1.82) is 0 Å². The van der Waals surface area contributed by atoms with Gasteiger partial charge in [0.25, 0.3) is 0 Å². The lowest BCUT2D eigenvalue weighted by atomic mass is 10.2. The van der Waals surface area contributed by atoms with E-state index in [2.05, 4.69) is 10.3 Å². The monoisotopic (exact) mass is 242 g/mol. The van der Waals surface area contributed by atoms with Gasteiger partial charge in [0, 0.05) is 30.5 Å². The maximum absolute atomic E-state index is 10.8. The standard InChI is InChI=1S/C14H14N2O2/c17-14(18)11-4-3-6-13(10-11)16-9-7-12-5-1-2-8-15-12/h1-6,8,10,16H,7,9H2,(H,17,18). The van der Waals surface area contributed by atoms with E-state index in [1.807, 2.05) is 24.3 Å². The van der Waals surface area contributed by atoms with Crippen molar-refractivity contribution >= 4 is 11.7 Å². The van der Waals surface area contributed by atoms with Crippen LogP contribution in [-0.2, 0) is 6.42 Å². The fourth-order valence-electron chi connectivity index (χ4n) is 1.64. The molecule has 2 aromatic rings. The molecule has 0 bridgehead atoms. The topological polar surface area (TPSA) is 62.2 Å². The lowest BCUT2D eigenvalue weighted by Crippen LogP contribution is -2.06. The molecule has 1 heterocycles. The lowest BCUT2D eigenvalue weighted by Gasteiger charge is -2.06. The van der Waals surface area contributed by atoms with Crippen molar-refractivity contribution in [2.24, 2.45) is 0 Å². The molecule has 0 radical (unpaired) electrons. The Morgan fingerprint density at radius 1 is 1.22 bits per heavy atom. The van der Waals surface area contributed by atoms with Crippen LogP contribution in [0.15, 0.2) is 48.7 Å². The summed E-state index contributed by atoms with van der Waals surface area (Å²) in [4.78, 5) is 15.0. The highest BCUT2D eigenvalue weighted by atomic mass is 16.4. The van der Waals surface area contributed by atoms with Crippen LogP contribution in [0.5, 0.6) is 0 Å². The number of benzene rings is 1. The number of pyridine rings is 1. The zero-order valence-electron chi connectivity index (χ0n) is 9.84. The van der Waals surface area contributed by atoms with Crippen molar-refractivity contribution in [2.45, 2.75) is 6.42 Å². The second-order valence-corrected chi connectivity index (χ2v) is 3.88. The average Bonchev–Trinajstić information content (AvgIpc) is 2.40. The molecule has 0 fully saturated rings. The summed E-state index contributed by atoms with van der Waals surface area (Å²) in [5.74, 6) is -0.914. The fourth-order valence-corrected chi connectivity index (χ4v) is 1.64. The van der Waals surface area contributed by atoms with E-state index in [1.165, 1.54) is 0 Å². The molecule has 0 aliphatic heterocycles. The van der Waals surface area contributed by atoms with Crippen LogP contribution in [-0.4, -0.2) is 22.6 Å². The van der Waals surface area contributed by atoms with E-state index in [0.29, 0.717) is 0 Å². The minimum atomic E-state index is -0.914. The van der Waals surface area contributed by atoms with Gasteiger partial charge in [0.2, 0.25) is 0 Å². The largest absolute Gasteiger partial charge is 0.478 e. The number of aromatic carboxylic acids is 1. The summed E-state index contributed by atoms with van der Waals surface area (Å²) in [7, 11) is 0. The summed E-state index contributed by atoms with van der Waals surface area (Å²) >= 11 is 0. The third-order valence-corrected chi connectivity index (χ3v) is 2.55. The lowest BCUT2D eigenvalue weighted by molar-refractivity contribution is 0.0697. The van der Waals surface area contributed by atoms with Gasteiger partial charge in [0.1, 0.15) is 0 Å². The SMILES string of the molecule is O=C(O)c1cccc(NCCc2ccccn2)c1. The molecule has 18 heavy (non-hydrogen) atoms. The number of nitrogens with one attached hydrogen (secondary N) is 1. The van der Waals surface area contributed by atoms with E-state index in [9.17, 15) is 4.79 Å². The van der Waals surface area contributed by atoms with Crippen LogP contribution in [0.25, 0.3) is 0 Å². The molecule has 92 valence electrons. The fraction of sp³-hybridized carbons (Fsp3) is 0.143. The molecule has 4 nitrogen and oxygen atoms in total. The molecular weight excluding hydrogens is 228 g/mol. The summed E-state index contributed by atoms with van der Waals surface area (Å²) in [6.45, 7) is 0.722. The molecule has 1 aromatic carbocycles. The van der Waals surface area contributed by atoms with Crippen molar-refractivity contribution in [2.75, 3.05) is 11.9 Å². The first kappa shape index (κ1) is 12.1. The van der Waals surface area contributed by atoms with Gasteiger partial charge in [-0.3, -0.25) is 4.98 Å². The van der Waals surface area contributed by atoms with Gasteiger partial charge in [-0.2, -0.15) is 0 Å². The normalized spacial score (nSPS) is 10.0. The van der Waals surface area contributed by atoms with E-state index < -0.39 is 5.97 Å². The van der Waals surface area contributed by atoms with E-state index in [0.717, 1.165) is 24.3 Å². The Bertz CT molecular complexity index is 526. The van der Waals surface area contributed by atoms with E-state index in [4.69, 9.17) is 5.11 Å². The maximum atomic E-state index is 10.8. The summed E-state index contributed by atoms with van der Waals surface area (Å²) < 4.78 is 0. The predicted molar refractivity (Wildman–Crippen MR) is 69.8 cm³/mol. The first-order valence-corrected chi connectivity index (χ1v) is 5.73. The van der Waals surface area contributed by atoms with Crippen molar-refractivity contribution in [3.05, 3.63) is 59.9 Å². The highest BCUT2D eigenvalue weighted by molar-refractivity contribution is 5.88. The second-order valence-electron chi connectivity index (χ2n) is 3.88. The molecule has 0 spiro atoms. The molecule has 0 aliphatic carbocycles. The second kappa shape index (κ2) is 5.82. The van der Waals surface area contributed by atoms with Gasteiger partial charge in [-0.1, -0.05) is 12.1 Å². The molecule has 2 rings (SSSR count). The quantitative estimate of drug-likeness (QED) is 0.845. The highest BCUT2D eigenvalue weighted by Crippen LogP contribution is 2.10. The molecule has 0 saturated carbocycles. The van der Waals surface area contributed by atoms with Gasteiger partial charge in [0.05, 0.1) is 5.56 Å². The Labute approximate surface area is 105 Å². The number of nitrogens with zero attached hydrogens (tertiary/aromatic N) is 1. The number of carboxylic acids is 1. The number of carboxylic acid groups (broad SMARTS) is 1. The zero-order valence-corrected chi connectivity index (χ0v) is 9.84. The Morgan fingerprint density at radius 3 is 2.83 bits per heavy atom. The van der Waals surface area contributed by atoms with Crippen LogP contribution < -0.4 is 5.32 Å². The van der Waals surface area contributed by atoms with E-state index in [-0.39, 0.29) is 5.56 Å². The average molecular weight is 242 g/mol. The molecule has 2 N–H and O–H groups in total. The van der Waals surface area contributed by atoms with Gasteiger partial charge in [-0.25, -0.2) is 4.79 Å². The van der Waals surface area contributed by atoms with Crippen LogP contribution in [0.3, 0.4) is 0 Å². The molecule has 0 atom stereocenters. The number of hydrogen-bond donors (Lipinski definition) is 2. The minimum absolute atomic E-state index is 0.290. The van der Waals surface area contributed by atoms with Gasteiger partial charge in [-0.15, -0.1) is 0 Å². The van der Waals surface area contributed by atoms with Gasteiger partial charge < -0.3 is 10.4 Å². The number of carbonyl (C=O) groups is 1. The third-order valence-electron chi connectivity index (χ3n) is 2.55. The number of anilines is 1. The third kappa shape index (κ3) is 3.31. The summed E-state index contributed by atoms with van der Waals surface area (Å²) in [6.07, 6.45) is 2.57. The van der Waals surface area contributed by atoms with Crippen molar-refractivity contribution < 1.29 is 9.90 Å². The Hall–Kier alpha value is -2.36. The Kier molecular flexibility index (Phi) is 3.91. The van der Waals surface area contributed by atoms with Gasteiger partial charge in [0.15, 0.2) is 0 Å². The van der Waals surface area contributed by atoms with Crippen LogP contribution in [0.1, 0.15) is 16.1 Å². The Morgan fingerprint density at radius 2 is 2.11 bits per heavy atom.